The van der Waals surface area contributed by atoms with Gasteiger partial charge in [0.25, 0.3) is 0 Å². The third-order valence-electron chi connectivity index (χ3n) is 2.91. The highest BCUT2D eigenvalue weighted by atomic mass is 16.5. The van der Waals surface area contributed by atoms with Crippen LogP contribution in [0.1, 0.15) is 12.8 Å². The van der Waals surface area contributed by atoms with Gasteiger partial charge in [-0.05, 0) is 25.9 Å². The van der Waals surface area contributed by atoms with Crippen LogP contribution in [0.5, 0.6) is 0 Å². The Balaban J connectivity index is 2.61. The van der Waals surface area contributed by atoms with E-state index in [0.29, 0.717) is 13.0 Å². The number of nitrogens with zero attached hydrogens (tertiary/aromatic N) is 1. The first-order chi connectivity index (χ1) is 7.04. The molecular formula is C10H17NO4. The molecule has 1 heterocycles. The van der Waals surface area contributed by atoms with Crippen LogP contribution in [0, 0.1) is 11.8 Å². The van der Waals surface area contributed by atoms with Crippen molar-refractivity contribution >= 4 is 11.9 Å². The molecule has 0 aromatic heterocycles. The van der Waals surface area contributed by atoms with E-state index in [0.717, 1.165) is 6.54 Å². The Labute approximate surface area is 89.0 Å². The van der Waals surface area contributed by atoms with Crippen LogP contribution in [0.15, 0.2) is 0 Å². The number of ether oxygens (including phenoxy) is 1. The summed E-state index contributed by atoms with van der Waals surface area (Å²) in [5.41, 5.74) is 0. The van der Waals surface area contributed by atoms with Crippen LogP contribution in [0.3, 0.4) is 0 Å². The minimum absolute atomic E-state index is 0.131. The molecule has 0 aromatic rings. The van der Waals surface area contributed by atoms with E-state index in [1.807, 2.05) is 11.9 Å². The number of methoxy groups -OCH3 is 1. The summed E-state index contributed by atoms with van der Waals surface area (Å²) in [5, 5.41) is 9.01. The summed E-state index contributed by atoms with van der Waals surface area (Å²) in [6.45, 7) is 1.42. The number of carbonyl (C=O) groups excluding carboxylic acids is 1. The number of esters is 1. The molecule has 0 radical (unpaired) electrons. The number of carboxylic acid groups (broad SMARTS) is 1. The van der Waals surface area contributed by atoms with Crippen molar-refractivity contribution in [3.63, 3.8) is 0 Å². The zero-order chi connectivity index (χ0) is 11.4. The summed E-state index contributed by atoms with van der Waals surface area (Å²) in [5.74, 6) is -1.69. The minimum atomic E-state index is -0.808. The Kier molecular flexibility index (Phi) is 4.08. The van der Waals surface area contributed by atoms with Gasteiger partial charge in [0.2, 0.25) is 0 Å². The molecule has 0 saturated carbocycles. The van der Waals surface area contributed by atoms with Gasteiger partial charge in [-0.25, -0.2) is 0 Å². The van der Waals surface area contributed by atoms with Crippen LogP contribution in [-0.2, 0) is 14.3 Å². The van der Waals surface area contributed by atoms with E-state index in [4.69, 9.17) is 5.11 Å². The standard InChI is InChI=1S/C10H17NO4/c1-11-4-3-8(10(13)14)7(6-11)5-9(12)15-2/h7-8H,3-6H2,1-2H3,(H,13,14). The normalized spacial score (nSPS) is 27.3. The number of rotatable bonds is 3. The third kappa shape index (κ3) is 3.20. The van der Waals surface area contributed by atoms with E-state index >= 15 is 0 Å². The van der Waals surface area contributed by atoms with Crippen molar-refractivity contribution in [1.29, 1.82) is 0 Å². The third-order valence-corrected chi connectivity index (χ3v) is 2.91. The molecule has 5 nitrogen and oxygen atoms in total. The van der Waals surface area contributed by atoms with Gasteiger partial charge >= 0.3 is 11.9 Å². The number of piperidine rings is 1. The molecule has 5 heteroatoms. The fraction of sp³-hybridized carbons (Fsp3) is 0.800. The number of hydrogen-bond donors (Lipinski definition) is 1. The van der Waals surface area contributed by atoms with Crippen molar-refractivity contribution in [3.8, 4) is 0 Å². The quantitative estimate of drug-likeness (QED) is 0.681. The molecule has 15 heavy (non-hydrogen) atoms. The van der Waals surface area contributed by atoms with Crippen LogP contribution in [0.2, 0.25) is 0 Å². The van der Waals surface area contributed by atoms with Gasteiger partial charge in [-0.3, -0.25) is 9.59 Å². The maximum absolute atomic E-state index is 11.1. The maximum Gasteiger partial charge on any atom is 0.306 e. The molecule has 1 aliphatic heterocycles. The Morgan fingerprint density at radius 2 is 2.20 bits per heavy atom. The predicted molar refractivity (Wildman–Crippen MR) is 53.4 cm³/mol. The lowest BCUT2D eigenvalue weighted by atomic mass is 9.83. The molecular weight excluding hydrogens is 198 g/mol. The first kappa shape index (κ1) is 12.0. The summed E-state index contributed by atoms with van der Waals surface area (Å²) < 4.78 is 4.57. The lowest BCUT2D eigenvalue weighted by Crippen LogP contribution is -2.42. The molecule has 0 bridgehead atoms. The zero-order valence-corrected chi connectivity index (χ0v) is 9.10. The largest absolute Gasteiger partial charge is 0.481 e. The van der Waals surface area contributed by atoms with Crippen molar-refractivity contribution in [2.75, 3.05) is 27.2 Å². The summed E-state index contributed by atoms with van der Waals surface area (Å²) in [6.07, 6.45) is 0.797. The van der Waals surface area contributed by atoms with Crippen molar-refractivity contribution < 1.29 is 19.4 Å². The second-order valence-electron chi connectivity index (χ2n) is 4.04. The van der Waals surface area contributed by atoms with Crippen molar-refractivity contribution in [2.24, 2.45) is 11.8 Å². The number of carboxylic acids is 1. The summed E-state index contributed by atoms with van der Waals surface area (Å²) in [7, 11) is 3.26. The van der Waals surface area contributed by atoms with Gasteiger partial charge < -0.3 is 14.7 Å². The lowest BCUT2D eigenvalue weighted by molar-refractivity contribution is -0.148. The minimum Gasteiger partial charge on any atom is -0.481 e. The number of likely N-dealkylation sites (tertiary alicyclic amines) is 1. The molecule has 0 aromatic carbocycles. The molecule has 1 rings (SSSR count). The van der Waals surface area contributed by atoms with Crippen LogP contribution in [0.4, 0.5) is 0 Å². The first-order valence-corrected chi connectivity index (χ1v) is 5.02. The predicted octanol–water partition coefficient (Wildman–Crippen LogP) is 0.202. The Morgan fingerprint density at radius 3 is 2.73 bits per heavy atom. The zero-order valence-electron chi connectivity index (χ0n) is 9.10. The highest BCUT2D eigenvalue weighted by Gasteiger charge is 2.34. The SMILES string of the molecule is COC(=O)CC1CN(C)CCC1C(=O)O. The second kappa shape index (κ2) is 5.11. The molecule has 1 N–H and O–H groups in total. The highest BCUT2D eigenvalue weighted by molar-refractivity contribution is 5.74. The van der Waals surface area contributed by atoms with E-state index in [2.05, 4.69) is 4.74 Å². The van der Waals surface area contributed by atoms with Gasteiger partial charge in [-0.2, -0.15) is 0 Å². The average molecular weight is 215 g/mol. The van der Waals surface area contributed by atoms with Gasteiger partial charge in [0.15, 0.2) is 0 Å². The van der Waals surface area contributed by atoms with E-state index in [-0.39, 0.29) is 18.3 Å². The van der Waals surface area contributed by atoms with Gasteiger partial charge in [0.1, 0.15) is 0 Å². The fourth-order valence-corrected chi connectivity index (χ4v) is 2.04. The Bertz CT molecular complexity index is 254. The van der Waals surface area contributed by atoms with Crippen molar-refractivity contribution in [2.45, 2.75) is 12.8 Å². The molecule has 0 amide bonds. The van der Waals surface area contributed by atoms with Gasteiger partial charge in [-0.15, -0.1) is 0 Å². The van der Waals surface area contributed by atoms with Crippen LogP contribution in [-0.4, -0.2) is 49.2 Å². The van der Waals surface area contributed by atoms with Crippen LogP contribution >= 0.6 is 0 Å². The smallest absolute Gasteiger partial charge is 0.306 e. The van der Waals surface area contributed by atoms with E-state index in [1.54, 1.807) is 0 Å². The van der Waals surface area contributed by atoms with Crippen LogP contribution in [0.25, 0.3) is 0 Å². The van der Waals surface area contributed by atoms with Crippen LogP contribution < -0.4 is 0 Å². The number of hydrogen-bond acceptors (Lipinski definition) is 4. The van der Waals surface area contributed by atoms with E-state index < -0.39 is 11.9 Å². The van der Waals surface area contributed by atoms with Crippen molar-refractivity contribution in [3.05, 3.63) is 0 Å². The van der Waals surface area contributed by atoms with E-state index in [1.165, 1.54) is 7.11 Å². The van der Waals surface area contributed by atoms with Gasteiger partial charge in [0, 0.05) is 6.54 Å². The van der Waals surface area contributed by atoms with Gasteiger partial charge in [-0.1, -0.05) is 0 Å². The molecule has 2 atom stereocenters. The lowest BCUT2D eigenvalue weighted by Gasteiger charge is -2.33. The molecule has 0 spiro atoms. The number of aliphatic carboxylic acids is 1. The number of carbonyl (C=O) groups is 2. The summed E-state index contributed by atoms with van der Waals surface area (Å²) >= 11 is 0. The highest BCUT2D eigenvalue weighted by Crippen LogP contribution is 2.26. The van der Waals surface area contributed by atoms with Crippen molar-refractivity contribution in [1.82, 2.24) is 4.90 Å². The average Bonchev–Trinajstić information content (AvgIpc) is 2.17. The summed E-state index contributed by atoms with van der Waals surface area (Å²) in [4.78, 5) is 24.1. The molecule has 1 aliphatic rings. The second-order valence-corrected chi connectivity index (χ2v) is 4.04. The maximum atomic E-state index is 11.1. The van der Waals surface area contributed by atoms with E-state index in [9.17, 15) is 9.59 Å². The Hall–Kier alpha value is -1.10. The molecule has 2 unspecified atom stereocenters. The molecule has 86 valence electrons. The summed E-state index contributed by atoms with van der Waals surface area (Å²) in [6, 6.07) is 0. The first-order valence-electron chi connectivity index (χ1n) is 5.02. The molecule has 1 saturated heterocycles. The van der Waals surface area contributed by atoms with Gasteiger partial charge in [0.05, 0.1) is 19.4 Å². The topological polar surface area (TPSA) is 66.8 Å². The Morgan fingerprint density at radius 1 is 1.53 bits per heavy atom. The molecule has 0 aliphatic carbocycles. The molecule has 1 fully saturated rings. The fourth-order valence-electron chi connectivity index (χ4n) is 2.04. The monoisotopic (exact) mass is 215 g/mol.